The summed E-state index contributed by atoms with van der Waals surface area (Å²) in [5, 5.41) is 19.8. The van der Waals surface area contributed by atoms with Crippen molar-refractivity contribution >= 4 is 17.7 Å². The van der Waals surface area contributed by atoms with Crippen molar-refractivity contribution in [3.8, 4) is 0 Å². The third-order valence-corrected chi connectivity index (χ3v) is 3.02. The van der Waals surface area contributed by atoms with Crippen molar-refractivity contribution in [1.29, 1.82) is 0 Å². The van der Waals surface area contributed by atoms with Crippen LogP contribution in [0.2, 0.25) is 0 Å². The normalized spacial score (nSPS) is 17.3. The third kappa shape index (κ3) is 4.50. The molecule has 21 heavy (non-hydrogen) atoms. The zero-order chi connectivity index (χ0) is 15.2. The minimum atomic E-state index is -1.01. The maximum atomic E-state index is 11.7. The zero-order valence-electron chi connectivity index (χ0n) is 11.6. The summed E-state index contributed by atoms with van der Waals surface area (Å²) < 4.78 is 0. The first-order valence-electron chi connectivity index (χ1n) is 6.60. The Morgan fingerprint density at radius 2 is 2.05 bits per heavy atom. The first-order valence-corrected chi connectivity index (χ1v) is 6.60. The molecule has 0 aliphatic carbocycles. The van der Waals surface area contributed by atoms with Gasteiger partial charge in [-0.2, -0.15) is 0 Å². The minimum absolute atomic E-state index is 0.318. The van der Waals surface area contributed by atoms with Gasteiger partial charge < -0.3 is 26.4 Å². The molecule has 1 aromatic rings. The van der Waals surface area contributed by atoms with Crippen LogP contribution < -0.4 is 21.3 Å². The summed E-state index contributed by atoms with van der Waals surface area (Å²) in [6.45, 7) is 2.32. The van der Waals surface area contributed by atoms with Crippen LogP contribution in [0.15, 0.2) is 36.0 Å². The molecule has 7 heteroatoms. The molecule has 1 aliphatic heterocycles. The lowest BCUT2D eigenvalue weighted by molar-refractivity contribution is 0.161. The smallest absolute Gasteiger partial charge is 0.321 e. The van der Waals surface area contributed by atoms with E-state index in [0.717, 1.165) is 5.56 Å². The quantitative estimate of drug-likeness (QED) is 0.572. The number of hydrogen-bond donors (Lipinski definition) is 5. The van der Waals surface area contributed by atoms with Crippen LogP contribution >= 0.6 is 0 Å². The van der Waals surface area contributed by atoms with Crippen molar-refractivity contribution in [2.45, 2.75) is 19.6 Å². The summed E-state index contributed by atoms with van der Waals surface area (Å²) in [5.41, 5.74) is 2.43. The molecule has 1 aliphatic rings. The highest BCUT2D eigenvalue weighted by Crippen LogP contribution is 2.09. The second-order valence-electron chi connectivity index (χ2n) is 4.74. The van der Waals surface area contributed by atoms with Crippen LogP contribution in [-0.2, 0) is 0 Å². The van der Waals surface area contributed by atoms with Gasteiger partial charge in [-0.15, -0.1) is 0 Å². The Hall–Kier alpha value is -2.54. The Balaban J connectivity index is 1.74. The van der Waals surface area contributed by atoms with Crippen LogP contribution in [0.4, 0.5) is 15.3 Å². The maximum Gasteiger partial charge on any atom is 0.321 e. The molecule has 1 heterocycles. The summed E-state index contributed by atoms with van der Waals surface area (Å²) >= 11 is 0. The number of rotatable bonds is 4. The SMILES string of the molecule is Cc1ccc(NC(=O)NCCC2=CNC(=O)N[C@@H]2O)cc1. The van der Waals surface area contributed by atoms with Gasteiger partial charge in [0.2, 0.25) is 0 Å². The average Bonchev–Trinajstić information content (AvgIpc) is 2.44. The molecule has 0 aromatic heterocycles. The molecule has 112 valence electrons. The second-order valence-corrected chi connectivity index (χ2v) is 4.74. The van der Waals surface area contributed by atoms with Gasteiger partial charge in [0.05, 0.1) is 0 Å². The number of nitrogens with one attached hydrogen (secondary N) is 4. The summed E-state index contributed by atoms with van der Waals surface area (Å²) in [5.74, 6) is 0. The standard InChI is InChI=1S/C14H18N4O3/c1-9-2-4-11(5-3-9)17-13(20)15-7-6-10-8-16-14(21)18-12(10)19/h2-5,8,12,19H,6-7H2,1H3,(H2,15,17,20)(H2,16,18,21)/t12-/m1/s1. The Bertz CT molecular complexity index is 554. The highest BCUT2D eigenvalue weighted by molar-refractivity contribution is 5.89. The van der Waals surface area contributed by atoms with Gasteiger partial charge in [0, 0.05) is 18.4 Å². The van der Waals surface area contributed by atoms with E-state index in [4.69, 9.17) is 0 Å². The molecule has 0 saturated heterocycles. The zero-order valence-corrected chi connectivity index (χ0v) is 11.6. The summed E-state index contributed by atoms with van der Waals surface area (Å²) in [6, 6.07) is 6.70. The molecule has 0 saturated carbocycles. The summed E-state index contributed by atoms with van der Waals surface area (Å²) in [6.07, 6.45) is 0.861. The van der Waals surface area contributed by atoms with E-state index in [2.05, 4.69) is 21.3 Å². The van der Waals surface area contributed by atoms with Crippen molar-refractivity contribution in [2.24, 2.45) is 0 Å². The third-order valence-electron chi connectivity index (χ3n) is 3.02. The van der Waals surface area contributed by atoms with Crippen molar-refractivity contribution < 1.29 is 14.7 Å². The molecule has 0 spiro atoms. The van der Waals surface area contributed by atoms with Gasteiger partial charge >= 0.3 is 12.1 Å². The van der Waals surface area contributed by atoms with Gasteiger partial charge in [0.15, 0.2) is 6.23 Å². The van der Waals surface area contributed by atoms with Gasteiger partial charge in [0.1, 0.15) is 0 Å². The summed E-state index contributed by atoms with van der Waals surface area (Å²) in [4.78, 5) is 22.6. The molecule has 0 fully saturated rings. The van der Waals surface area contributed by atoms with Crippen molar-refractivity contribution in [3.05, 3.63) is 41.6 Å². The molecule has 1 aromatic carbocycles. The number of anilines is 1. The largest absolute Gasteiger partial charge is 0.370 e. The van der Waals surface area contributed by atoms with Crippen molar-refractivity contribution in [1.82, 2.24) is 16.0 Å². The number of aliphatic hydroxyl groups is 1. The van der Waals surface area contributed by atoms with Crippen LogP contribution in [0.25, 0.3) is 0 Å². The van der Waals surface area contributed by atoms with Gasteiger partial charge in [-0.25, -0.2) is 9.59 Å². The molecule has 5 N–H and O–H groups in total. The number of aliphatic hydroxyl groups excluding tert-OH is 1. The van der Waals surface area contributed by atoms with E-state index in [0.29, 0.717) is 24.2 Å². The van der Waals surface area contributed by atoms with Crippen LogP contribution in [0.3, 0.4) is 0 Å². The number of carbonyl (C=O) groups is 2. The molecule has 0 unspecified atom stereocenters. The van der Waals surface area contributed by atoms with Crippen molar-refractivity contribution in [3.63, 3.8) is 0 Å². The fourth-order valence-corrected chi connectivity index (χ4v) is 1.84. The monoisotopic (exact) mass is 290 g/mol. The minimum Gasteiger partial charge on any atom is -0.370 e. The first-order chi connectivity index (χ1) is 10.0. The number of carbonyl (C=O) groups excluding carboxylic acids is 2. The molecular formula is C14H18N4O3. The number of hydrogen-bond acceptors (Lipinski definition) is 3. The molecule has 1 atom stereocenters. The van der Waals surface area contributed by atoms with E-state index in [9.17, 15) is 14.7 Å². The van der Waals surface area contributed by atoms with Gasteiger partial charge in [-0.1, -0.05) is 17.7 Å². The van der Waals surface area contributed by atoms with Gasteiger partial charge in [0.25, 0.3) is 0 Å². The van der Waals surface area contributed by atoms with Crippen LogP contribution in [0, 0.1) is 6.92 Å². The predicted molar refractivity (Wildman–Crippen MR) is 78.6 cm³/mol. The lowest BCUT2D eigenvalue weighted by atomic mass is 10.1. The van der Waals surface area contributed by atoms with E-state index in [1.807, 2.05) is 31.2 Å². The Labute approximate surface area is 122 Å². The molecule has 4 amide bonds. The molecule has 0 radical (unpaired) electrons. The lowest BCUT2D eigenvalue weighted by Gasteiger charge is -2.21. The fourth-order valence-electron chi connectivity index (χ4n) is 1.84. The number of urea groups is 2. The number of aryl methyl sites for hydroxylation is 1. The number of amides is 4. The maximum absolute atomic E-state index is 11.7. The highest BCUT2D eigenvalue weighted by Gasteiger charge is 2.18. The second kappa shape index (κ2) is 6.76. The predicted octanol–water partition coefficient (Wildman–Crippen LogP) is 1.02. The van der Waals surface area contributed by atoms with Gasteiger partial charge in [-0.3, -0.25) is 0 Å². The topological polar surface area (TPSA) is 102 Å². The Morgan fingerprint density at radius 1 is 1.33 bits per heavy atom. The Kier molecular flexibility index (Phi) is 4.78. The number of benzene rings is 1. The van der Waals surface area contributed by atoms with Crippen LogP contribution in [0.5, 0.6) is 0 Å². The highest BCUT2D eigenvalue weighted by atomic mass is 16.3. The van der Waals surface area contributed by atoms with Crippen LogP contribution in [0.1, 0.15) is 12.0 Å². The van der Waals surface area contributed by atoms with E-state index in [1.54, 1.807) is 0 Å². The summed E-state index contributed by atoms with van der Waals surface area (Å²) in [7, 11) is 0. The molecule has 7 nitrogen and oxygen atoms in total. The fraction of sp³-hybridized carbons (Fsp3) is 0.286. The Morgan fingerprint density at radius 3 is 2.71 bits per heavy atom. The van der Waals surface area contributed by atoms with E-state index >= 15 is 0 Å². The first kappa shape index (κ1) is 14.9. The van der Waals surface area contributed by atoms with E-state index in [1.165, 1.54) is 6.20 Å². The van der Waals surface area contributed by atoms with Crippen LogP contribution in [-0.4, -0.2) is 29.9 Å². The van der Waals surface area contributed by atoms with Gasteiger partial charge in [-0.05, 0) is 31.1 Å². The molecule has 0 bridgehead atoms. The van der Waals surface area contributed by atoms with Crippen molar-refractivity contribution in [2.75, 3.05) is 11.9 Å². The average molecular weight is 290 g/mol. The molecular weight excluding hydrogens is 272 g/mol. The van der Waals surface area contributed by atoms with E-state index in [-0.39, 0.29) is 6.03 Å². The van der Waals surface area contributed by atoms with E-state index < -0.39 is 12.3 Å². The molecule has 2 rings (SSSR count). The lowest BCUT2D eigenvalue weighted by Crippen LogP contribution is -2.46.